The van der Waals surface area contributed by atoms with Crippen LogP contribution in [0.1, 0.15) is 5.56 Å². The second-order valence-electron chi connectivity index (χ2n) is 5.84. The molecule has 3 rings (SSSR count). The molecule has 0 saturated carbocycles. The van der Waals surface area contributed by atoms with Gasteiger partial charge in [0, 0.05) is 30.2 Å². The minimum atomic E-state index is -2.97. The summed E-state index contributed by atoms with van der Waals surface area (Å²) in [7, 11) is -2.97. The Bertz CT molecular complexity index is 920. The summed E-state index contributed by atoms with van der Waals surface area (Å²) in [6, 6.07) is 6.48. The molecular formula is C16H18FN3O3S2. The van der Waals surface area contributed by atoms with Gasteiger partial charge in [0.15, 0.2) is 14.6 Å². The third-order valence-electron chi connectivity index (χ3n) is 3.97. The van der Waals surface area contributed by atoms with Crippen molar-refractivity contribution in [3.05, 3.63) is 52.0 Å². The second-order valence-corrected chi connectivity index (χ2v) is 9.02. The van der Waals surface area contributed by atoms with Crippen LogP contribution >= 0.6 is 11.3 Å². The van der Waals surface area contributed by atoms with Crippen LogP contribution in [0.15, 0.2) is 40.8 Å². The molecule has 1 amide bonds. The number of hydrogen-bond acceptors (Lipinski definition) is 5. The summed E-state index contributed by atoms with van der Waals surface area (Å²) in [6.07, 6.45) is 1.76. The van der Waals surface area contributed by atoms with Gasteiger partial charge in [0.2, 0.25) is 0 Å². The SMILES string of the molecule is O=C(CN1CCS(=O)(=O)CC1)N=c1sccn1Cc1ccccc1F. The lowest BCUT2D eigenvalue weighted by atomic mass is 10.2. The van der Waals surface area contributed by atoms with Gasteiger partial charge in [0.25, 0.3) is 5.91 Å². The maximum atomic E-state index is 13.8. The summed E-state index contributed by atoms with van der Waals surface area (Å²) in [4.78, 5) is 18.6. The van der Waals surface area contributed by atoms with Crippen molar-refractivity contribution in [2.75, 3.05) is 31.1 Å². The van der Waals surface area contributed by atoms with E-state index in [2.05, 4.69) is 4.99 Å². The van der Waals surface area contributed by atoms with E-state index in [0.29, 0.717) is 30.0 Å². The van der Waals surface area contributed by atoms with Gasteiger partial charge in [0.05, 0.1) is 24.6 Å². The fraction of sp³-hybridized carbons (Fsp3) is 0.375. The molecule has 1 aromatic carbocycles. The Morgan fingerprint density at radius 3 is 2.68 bits per heavy atom. The summed E-state index contributed by atoms with van der Waals surface area (Å²) in [6.45, 7) is 1.09. The maximum absolute atomic E-state index is 13.8. The number of halogens is 1. The first-order valence-electron chi connectivity index (χ1n) is 7.81. The molecule has 2 heterocycles. The van der Waals surface area contributed by atoms with Gasteiger partial charge in [-0.05, 0) is 6.07 Å². The molecule has 1 aliphatic heterocycles. The molecule has 1 aliphatic rings. The largest absolute Gasteiger partial charge is 0.319 e. The Kier molecular flexibility index (Phi) is 5.45. The van der Waals surface area contributed by atoms with E-state index in [1.807, 2.05) is 0 Å². The molecule has 0 N–H and O–H groups in total. The topological polar surface area (TPSA) is 71.7 Å². The number of carbonyl (C=O) groups is 1. The Balaban J connectivity index is 1.69. The summed E-state index contributed by atoms with van der Waals surface area (Å²) in [5.74, 6) is -0.476. The highest BCUT2D eigenvalue weighted by molar-refractivity contribution is 7.91. The minimum Gasteiger partial charge on any atom is -0.319 e. The van der Waals surface area contributed by atoms with Crippen LogP contribution in [0, 0.1) is 5.82 Å². The number of aromatic nitrogens is 1. The summed E-state index contributed by atoms with van der Waals surface area (Å²) in [5, 5.41) is 1.79. The van der Waals surface area contributed by atoms with Crippen molar-refractivity contribution in [3.63, 3.8) is 0 Å². The first-order valence-corrected chi connectivity index (χ1v) is 10.5. The van der Waals surface area contributed by atoms with Crippen molar-refractivity contribution < 1.29 is 17.6 Å². The van der Waals surface area contributed by atoms with E-state index in [1.54, 1.807) is 39.2 Å². The van der Waals surface area contributed by atoms with E-state index in [9.17, 15) is 17.6 Å². The molecule has 0 spiro atoms. The number of rotatable bonds is 4. The van der Waals surface area contributed by atoms with Crippen molar-refractivity contribution in [3.8, 4) is 0 Å². The van der Waals surface area contributed by atoms with E-state index in [4.69, 9.17) is 0 Å². The average molecular weight is 383 g/mol. The molecule has 134 valence electrons. The fourth-order valence-electron chi connectivity index (χ4n) is 2.56. The number of sulfone groups is 1. The predicted octanol–water partition coefficient (Wildman–Crippen LogP) is 0.895. The standard InChI is InChI=1S/C16H18FN3O3S2/c17-14-4-2-1-3-13(14)11-20-5-8-24-16(20)18-15(21)12-19-6-9-25(22,23)10-7-19/h1-5,8H,6-7,9-12H2. The van der Waals surface area contributed by atoms with Crippen molar-refractivity contribution in [2.45, 2.75) is 6.54 Å². The maximum Gasteiger partial charge on any atom is 0.262 e. The van der Waals surface area contributed by atoms with Crippen molar-refractivity contribution >= 4 is 27.1 Å². The molecular weight excluding hydrogens is 365 g/mol. The highest BCUT2D eigenvalue weighted by Gasteiger charge is 2.22. The third-order valence-corrected chi connectivity index (χ3v) is 6.38. The highest BCUT2D eigenvalue weighted by Crippen LogP contribution is 2.08. The molecule has 0 radical (unpaired) electrons. The van der Waals surface area contributed by atoms with Crippen LogP contribution in [0.4, 0.5) is 4.39 Å². The monoisotopic (exact) mass is 383 g/mol. The molecule has 0 aliphatic carbocycles. The van der Waals surface area contributed by atoms with Crippen LogP contribution in [0.3, 0.4) is 0 Å². The van der Waals surface area contributed by atoms with Crippen LogP contribution in [0.25, 0.3) is 0 Å². The van der Waals surface area contributed by atoms with E-state index >= 15 is 0 Å². The second kappa shape index (κ2) is 7.59. The van der Waals surface area contributed by atoms with Gasteiger partial charge < -0.3 is 4.57 Å². The minimum absolute atomic E-state index is 0.0760. The van der Waals surface area contributed by atoms with Gasteiger partial charge in [-0.3, -0.25) is 9.69 Å². The molecule has 1 saturated heterocycles. The number of amides is 1. The molecule has 6 nitrogen and oxygen atoms in total. The third kappa shape index (κ3) is 4.83. The van der Waals surface area contributed by atoms with E-state index in [0.717, 1.165) is 0 Å². The highest BCUT2D eigenvalue weighted by atomic mass is 32.2. The summed E-state index contributed by atoms with van der Waals surface area (Å²) >= 11 is 1.30. The Morgan fingerprint density at radius 1 is 1.24 bits per heavy atom. The molecule has 2 aromatic rings. The lowest BCUT2D eigenvalue weighted by molar-refractivity contribution is -0.119. The zero-order chi connectivity index (χ0) is 17.9. The van der Waals surface area contributed by atoms with Crippen molar-refractivity contribution in [1.82, 2.24) is 9.47 Å². The van der Waals surface area contributed by atoms with E-state index in [-0.39, 0.29) is 29.8 Å². The summed E-state index contributed by atoms with van der Waals surface area (Å²) in [5.41, 5.74) is 0.524. The number of benzene rings is 1. The first kappa shape index (κ1) is 18.0. The Morgan fingerprint density at radius 2 is 1.96 bits per heavy atom. The van der Waals surface area contributed by atoms with Crippen LogP contribution in [-0.4, -0.2) is 54.9 Å². The molecule has 1 fully saturated rings. The van der Waals surface area contributed by atoms with Crippen LogP contribution in [-0.2, 0) is 21.2 Å². The smallest absolute Gasteiger partial charge is 0.262 e. The normalized spacial score (nSPS) is 18.4. The van der Waals surface area contributed by atoms with Gasteiger partial charge in [-0.1, -0.05) is 18.2 Å². The van der Waals surface area contributed by atoms with E-state index in [1.165, 1.54) is 17.4 Å². The zero-order valence-corrected chi connectivity index (χ0v) is 15.1. The van der Waals surface area contributed by atoms with Gasteiger partial charge in [-0.2, -0.15) is 4.99 Å². The molecule has 1 aromatic heterocycles. The zero-order valence-electron chi connectivity index (χ0n) is 13.5. The van der Waals surface area contributed by atoms with Gasteiger partial charge in [-0.25, -0.2) is 12.8 Å². The van der Waals surface area contributed by atoms with Crippen molar-refractivity contribution in [2.24, 2.45) is 4.99 Å². The lowest BCUT2D eigenvalue weighted by Gasteiger charge is -2.24. The number of thiazole rings is 1. The number of hydrogen-bond donors (Lipinski definition) is 0. The quantitative estimate of drug-likeness (QED) is 0.786. The molecule has 0 atom stereocenters. The molecule has 9 heteroatoms. The van der Waals surface area contributed by atoms with Crippen LogP contribution < -0.4 is 4.80 Å². The van der Waals surface area contributed by atoms with Gasteiger partial charge in [0.1, 0.15) is 5.82 Å². The molecule has 25 heavy (non-hydrogen) atoms. The Hall–Kier alpha value is -1.84. The number of nitrogens with zero attached hydrogens (tertiary/aromatic N) is 3. The van der Waals surface area contributed by atoms with E-state index < -0.39 is 9.84 Å². The number of carbonyl (C=O) groups excluding carboxylic acids is 1. The first-order chi connectivity index (χ1) is 11.9. The predicted molar refractivity (Wildman–Crippen MR) is 93.5 cm³/mol. The van der Waals surface area contributed by atoms with Crippen molar-refractivity contribution in [1.29, 1.82) is 0 Å². The fourth-order valence-corrected chi connectivity index (χ4v) is 4.58. The molecule has 0 bridgehead atoms. The van der Waals surface area contributed by atoms with Gasteiger partial charge >= 0.3 is 0 Å². The molecule has 0 unspecified atom stereocenters. The lowest BCUT2D eigenvalue weighted by Crippen LogP contribution is -2.42. The van der Waals surface area contributed by atoms with Gasteiger partial charge in [-0.15, -0.1) is 11.3 Å². The summed E-state index contributed by atoms with van der Waals surface area (Å²) < 4.78 is 38.3. The Labute approximate surface area is 149 Å². The van der Waals surface area contributed by atoms with Crippen LogP contribution in [0.2, 0.25) is 0 Å². The van der Waals surface area contributed by atoms with Crippen LogP contribution in [0.5, 0.6) is 0 Å². The average Bonchev–Trinajstić information content (AvgIpc) is 2.98.